The standard InChI is InChI=1S/C23H24O4S/c1-2-27-23(24)20-9-6-10-22(17-20)28(25,26)21-15-13-19(14-16-21)12-11-18-7-4-3-5-8-18/h3-10,13,21-22H,2,14-17H2,1H3. The first kappa shape index (κ1) is 20.2. The molecule has 0 radical (unpaired) electrons. The zero-order chi connectivity index (χ0) is 20.0. The van der Waals surface area contributed by atoms with E-state index in [-0.39, 0.29) is 13.0 Å². The number of rotatable bonds is 4. The minimum Gasteiger partial charge on any atom is -0.463 e. The maximum Gasteiger partial charge on any atom is 0.334 e. The molecule has 4 nitrogen and oxygen atoms in total. The van der Waals surface area contributed by atoms with E-state index in [1.54, 1.807) is 25.2 Å². The topological polar surface area (TPSA) is 60.4 Å². The van der Waals surface area contributed by atoms with Gasteiger partial charge in [0.2, 0.25) is 0 Å². The van der Waals surface area contributed by atoms with Gasteiger partial charge in [0.15, 0.2) is 9.84 Å². The number of esters is 1. The second-order valence-corrected chi connectivity index (χ2v) is 9.32. The molecule has 0 aliphatic heterocycles. The van der Waals surface area contributed by atoms with Crippen LogP contribution in [0.4, 0.5) is 0 Å². The molecule has 0 N–H and O–H groups in total. The quantitative estimate of drug-likeness (QED) is 0.574. The van der Waals surface area contributed by atoms with Crippen molar-refractivity contribution < 1.29 is 17.9 Å². The van der Waals surface area contributed by atoms with Crippen LogP contribution in [0.15, 0.2) is 65.8 Å². The molecule has 2 unspecified atom stereocenters. The summed E-state index contributed by atoms with van der Waals surface area (Å²) in [5.41, 5.74) is 2.35. The summed E-state index contributed by atoms with van der Waals surface area (Å²) in [6, 6.07) is 9.74. The summed E-state index contributed by atoms with van der Waals surface area (Å²) in [7, 11) is -3.39. The van der Waals surface area contributed by atoms with E-state index in [1.165, 1.54) is 0 Å². The third kappa shape index (κ3) is 4.82. The Balaban J connectivity index is 1.66. The number of ether oxygens (including phenoxy) is 1. The minimum atomic E-state index is -3.39. The molecule has 28 heavy (non-hydrogen) atoms. The van der Waals surface area contributed by atoms with Crippen molar-refractivity contribution in [3.8, 4) is 11.8 Å². The number of sulfone groups is 1. The number of carbonyl (C=O) groups is 1. The van der Waals surface area contributed by atoms with Gasteiger partial charge in [-0.15, -0.1) is 0 Å². The Morgan fingerprint density at radius 1 is 1.21 bits per heavy atom. The molecule has 146 valence electrons. The van der Waals surface area contributed by atoms with Gasteiger partial charge in [0.1, 0.15) is 0 Å². The molecule has 3 rings (SSSR count). The van der Waals surface area contributed by atoms with E-state index in [4.69, 9.17) is 4.74 Å². The highest BCUT2D eigenvalue weighted by molar-refractivity contribution is 7.92. The number of hydrogen-bond donors (Lipinski definition) is 0. The fourth-order valence-electron chi connectivity index (χ4n) is 3.39. The molecule has 2 atom stereocenters. The van der Waals surface area contributed by atoms with Gasteiger partial charge in [-0.3, -0.25) is 0 Å². The Hall–Kier alpha value is -2.58. The molecule has 0 bridgehead atoms. The van der Waals surface area contributed by atoms with Crippen LogP contribution in [-0.4, -0.2) is 31.5 Å². The fraction of sp³-hybridized carbons (Fsp3) is 0.348. The van der Waals surface area contributed by atoms with Gasteiger partial charge in [-0.25, -0.2) is 13.2 Å². The predicted octanol–water partition coefficient (Wildman–Crippen LogP) is 3.75. The summed E-state index contributed by atoms with van der Waals surface area (Å²) in [5, 5.41) is -1.11. The molecule has 5 heteroatoms. The molecule has 1 aromatic carbocycles. The average Bonchev–Trinajstić information content (AvgIpc) is 2.73. The van der Waals surface area contributed by atoms with Crippen LogP contribution in [0.25, 0.3) is 0 Å². The van der Waals surface area contributed by atoms with E-state index in [2.05, 4.69) is 11.8 Å². The van der Waals surface area contributed by atoms with Crippen LogP contribution in [0.3, 0.4) is 0 Å². The van der Waals surface area contributed by atoms with Crippen LogP contribution < -0.4 is 0 Å². The van der Waals surface area contributed by atoms with Crippen molar-refractivity contribution >= 4 is 15.8 Å². The van der Waals surface area contributed by atoms with Crippen LogP contribution in [0, 0.1) is 11.8 Å². The van der Waals surface area contributed by atoms with Crippen LogP contribution >= 0.6 is 0 Å². The lowest BCUT2D eigenvalue weighted by molar-refractivity contribution is -0.138. The molecule has 0 aromatic heterocycles. The third-order valence-electron chi connectivity index (χ3n) is 4.97. The van der Waals surface area contributed by atoms with E-state index in [0.717, 1.165) is 11.1 Å². The highest BCUT2D eigenvalue weighted by atomic mass is 32.2. The first-order chi connectivity index (χ1) is 13.5. The Kier molecular flexibility index (Phi) is 6.53. The van der Waals surface area contributed by atoms with E-state index < -0.39 is 26.3 Å². The van der Waals surface area contributed by atoms with Gasteiger partial charge in [0.25, 0.3) is 0 Å². The molecule has 0 heterocycles. The average molecular weight is 397 g/mol. The molecular formula is C23H24O4S. The van der Waals surface area contributed by atoms with Crippen molar-refractivity contribution in [3.05, 3.63) is 71.3 Å². The Morgan fingerprint density at radius 2 is 2.00 bits per heavy atom. The Morgan fingerprint density at radius 3 is 2.68 bits per heavy atom. The fourth-order valence-corrected chi connectivity index (χ4v) is 5.42. The van der Waals surface area contributed by atoms with E-state index in [1.807, 2.05) is 36.4 Å². The largest absolute Gasteiger partial charge is 0.463 e. The molecule has 0 saturated heterocycles. The minimum absolute atomic E-state index is 0.179. The van der Waals surface area contributed by atoms with Gasteiger partial charge >= 0.3 is 5.97 Å². The number of carbonyl (C=O) groups excluding carboxylic acids is 1. The second kappa shape index (κ2) is 9.07. The zero-order valence-electron chi connectivity index (χ0n) is 15.9. The van der Waals surface area contributed by atoms with Gasteiger partial charge in [0.05, 0.1) is 17.1 Å². The lowest BCUT2D eigenvalue weighted by Gasteiger charge is -2.26. The van der Waals surface area contributed by atoms with Crippen LogP contribution in [-0.2, 0) is 19.4 Å². The van der Waals surface area contributed by atoms with Gasteiger partial charge in [-0.2, -0.15) is 0 Å². The van der Waals surface area contributed by atoms with Crippen LogP contribution in [0.5, 0.6) is 0 Å². The van der Waals surface area contributed by atoms with Gasteiger partial charge in [-0.1, -0.05) is 54.3 Å². The lowest BCUT2D eigenvalue weighted by Crippen LogP contribution is -2.34. The van der Waals surface area contributed by atoms with Crippen molar-refractivity contribution in [1.82, 2.24) is 0 Å². The molecule has 0 saturated carbocycles. The number of hydrogen-bond acceptors (Lipinski definition) is 4. The van der Waals surface area contributed by atoms with Gasteiger partial charge < -0.3 is 4.74 Å². The van der Waals surface area contributed by atoms with Crippen molar-refractivity contribution in [2.75, 3.05) is 6.61 Å². The molecular weight excluding hydrogens is 372 g/mol. The molecule has 0 amide bonds. The smallest absolute Gasteiger partial charge is 0.334 e. The molecule has 2 aliphatic rings. The maximum atomic E-state index is 13.1. The molecule has 2 aliphatic carbocycles. The molecule has 0 spiro atoms. The van der Waals surface area contributed by atoms with Crippen molar-refractivity contribution in [3.63, 3.8) is 0 Å². The summed E-state index contributed by atoms with van der Waals surface area (Å²) < 4.78 is 31.1. The Labute approximate surface area is 166 Å². The summed E-state index contributed by atoms with van der Waals surface area (Å²) in [4.78, 5) is 11.9. The molecule has 0 fully saturated rings. The van der Waals surface area contributed by atoms with E-state index in [0.29, 0.717) is 24.8 Å². The summed E-state index contributed by atoms with van der Waals surface area (Å²) in [5.74, 6) is 5.85. The summed E-state index contributed by atoms with van der Waals surface area (Å²) in [6.45, 7) is 2.01. The number of allylic oxidation sites excluding steroid dienone is 4. The lowest BCUT2D eigenvalue weighted by atomic mass is 9.99. The maximum absolute atomic E-state index is 13.1. The van der Waals surface area contributed by atoms with Crippen LogP contribution in [0.1, 0.15) is 38.2 Å². The van der Waals surface area contributed by atoms with Crippen LogP contribution in [0.2, 0.25) is 0 Å². The van der Waals surface area contributed by atoms with Crippen molar-refractivity contribution in [2.24, 2.45) is 0 Å². The Bertz CT molecular complexity index is 972. The highest BCUT2D eigenvalue weighted by Gasteiger charge is 2.35. The first-order valence-electron chi connectivity index (χ1n) is 9.54. The van der Waals surface area contributed by atoms with Crippen molar-refractivity contribution in [2.45, 2.75) is 43.1 Å². The third-order valence-corrected chi connectivity index (χ3v) is 7.50. The normalized spacial score (nSPS) is 21.8. The summed E-state index contributed by atoms with van der Waals surface area (Å²) in [6.07, 6.45) is 8.75. The highest BCUT2D eigenvalue weighted by Crippen LogP contribution is 2.30. The molecule has 1 aromatic rings. The summed E-state index contributed by atoms with van der Waals surface area (Å²) >= 11 is 0. The van der Waals surface area contributed by atoms with E-state index in [9.17, 15) is 13.2 Å². The zero-order valence-corrected chi connectivity index (χ0v) is 16.7. The van der Waals surface area contributed by atoms with Gasteiger partial charge in [0, 0.05) is 11.1 Å². The SMILES string of the molecule is CCOC(=O)C1=CC=CC(S(=O)(=O)C2CC=C(C#Cc3ccccc3)CC2)C1. The predicted molar refractivity (Wildman–Crippen MR) is 110 cm³/mol. The van der Waals surface area contributed by atoms with Gasteiger partial charge in [-0.05, 0) is 50.3 Å². The van der Waals surface area contributed by atoms with Crippen molar-refractivity contribution in [1.29, 1.82) is 0 Å². The first-order valence-corrected chi connectivity index (χ1v) is 11.1. The monoisotopic (exact) mass is 396 g/mol. The number of benzene rings is 1. The van der Waals surface area contributed by atoms with E-state index >= 15 is 0 Å². The second-order valence-electron chi connectivity index (χ2n) is 6.87.